The van der Waals surface area contributed by atoms with E-state index < -0.39 is 0 Å². The number of benzene rings is 1. The molecule has 0 bridgehead atoms. The summed E-state index contributed by atoms with van der Waals surface area (Å²) in [6.45, 7) is 2.20. The molecule has 0 aliphatic heterocycles. The third-order valence-corrected chi connectivity index (χ3v) is 3.45. The number of nitrogens with zero attached hydrogens (tertiary/aromatic N) is 1. The monoisotopic (exact) mass is 230 g/mol. The zero-order valence-corrected chi connectivity index (χ0v) is 10.4. The van der Waals surface area contributed by atoms with Gasteiger partial charge >= 0.3 is 0 Å². The summed E-state index contributed by atoms with van der Waals surface area (Å²) in [5, 5.41) is 12.7. The summed E-state index contributed by atoms with van der Waals surface area (Å²) in [5.41, 5.74) is 0.607. The molecule has 90 valence electrons. The minimum atomic E-state index is -0.381. The average molecular weight is 230 g/mol. The van der Waals surface area contributed by atoms with Crippen LogP contribution in [0.4, 0.5) is 5.69 Å². The molecular formula is C14H18N2O. The maximum Gasteiger partial charge on any atom is 0.125 e. The largest absolute Gasteiger partial charge is 0.497 e. The number of methoxy groups -OCH3 is 1. The quantitative estimate of drug-likeness (QED) is 0.867. The lowest BCUT2D eigenvalue weighted by Gasteiger charge is -2.24. The predicted molar refractivity (Wildman–Crippen MR) is 68.0 cm³/mol. The number of rotatable bonds is 3. The summed E-state index contributed by atoms with van der Waals surface area (Å²) in [5.74, 6) is 1.46. The van der Waals surface area contributed by atoms with Crippen LogP contribution in [0.25, 0.3) is 0 Å². The first-order valence-corrected chi connectivity index (χ1v) is 6.01. The Morgan fingerprint density at radius 1 is 1.41 bits per heavy atom. The second-order valence-corrected chi connectivity index (χ2v) is 4.90. The van der Waals surface area contributed by atoms with Crippen LogP contribution in [0.1, 0.15) is 26.2 Å². The van der Waals surface area contributed by atoms with Gasteiger partial charge in [0, 0.05) is 5.69 Å². The van der Waals surface area contributed by atoms with Crippen molar-refractivity contribution in [1.82, 2.24) is 0 Å². The van der Waals surface area contributed by atoms with Crippen molar-refractivity contribution in [2.24, 2.45) is 5.92 Å². The van der Waals surface area contributed by atoms with Gasteiger partial charge in [0.15, 0.2) is 0 Å². The smallest absolute Gasteiger partial charge is 0.125 e. The SMILES string of the molecule is COc1ccc(NC2(C#N)CCC(C)C2)cc1. The number of ether oxygens (including phenoxy) is 1. The van der Waals surface area contributed by atoms with Crippen LogP contribution in [-0.2, 0) is 0 Å². The van der Waals surface area contributed by atoms with Crippen molar-refractivity contribution in [2.45, 2.75) is 31.7 Å². The molecule has 2 unspecified atom stereocenters. The normalized spacial score (nSPS) is 27.5. The maximum atomic E-state index is 9.36. The second-order valence-electron chi connectivity index (χ2n) is 4.90. The van der Waals surface area contributed by atoms with E-state index in [0.717, 1.165) is 30.7 Å². The first kappa shape index (κ1) is 11.8. The Morgan fingerprint density at radius 2 is 2.12 bits per heavy atom. The molecule has 0 amide bonds. The van der Waals surface area contributed by atoms with E-state index >= 15 is 0 Å². The lowest BCUT2D eigenvalue weighted by Crippen LogP contribution is -2.33. The van der Waals surface area contributed by atoms with Gasteiger partial charge in [-0.2, -0.15) is 5.26 Å². The molecule has 1 aliphatic carbocycles. The summed E-state index contributed by atoms with van der Waals surface area (Å²) >= 11 is 0. The molecule has 3 heteroatoms. The van der Waals surface area contributed by atoms with Gasteiger partial charge in [-0.25, -0.2) is 0 Å². The Bertz CT molecular complexity index is 421. The molecule has 3 nitrogen and oxygen atoms in total. The molecule has 0 spiro atoms. The van der Waals surface area contributed by atoms with E-state index in [9.17, 15) is 5.26 Å². The molecule has 2 rings (SSSR count). The van der Waals surface area contributed by atoms with Gasteiger partial charge in [0.25, 0.3) is 0 Å². The lowest BCUT2D eigenvalue weighted by molar-refractivity contribution is 0.415. The Hall–Kier alpha value is -1.69. The van der Waals surface area contributed by atoms with Gasteiger partial charge in [-0.1, -0.05) is 6.92 Å². The molecular weight excluding hydrogens is 212 g/mol. The van der Waals surface area contributed by atoms with Crippen molar-refractivity contribution in [1.29, 1.82) is 5.26 Å². The van der Waals surface area contributed by atoms with Crippen molar-refractivity contribution in [2.75, 3.05) is 12.4 Å². The van der Waals surface area contributed by atoms with E-state index in [1.807, 2.05) is 24.3 Å². The van der Waals surface area contributed by atoms with Gasteiger partial charge in [-0.3, -0.25) is 0 Å². The predicted octanol–water partition coefficient (Wildman–Crippen LogP) is 3.19. The highest BCUT2D eigenvalue weighted by molar-refractivity contribution is 5.50. The third kappa shape index (κ3) is 2.52. The Labute approximate surface area is 102 Å². The van der Waals surface area contributed by atoms with Crippen molar-refractivity contribution in [3.63, 3.8) is 0 Å². The van der Waals surface area contributed by atoms with E-state index in [0.29, 0.717) is 5.92 Å². The van der Waals surface area contributed by atoms with E-state index in [2.05, 4.69) is 18.3 Å². The minimum absolute atomic E-state index is 0.381. The fourth-order valence-corrected chi connectivity index (χ4v) is 2.49. The second kappa shape index (κ2) is 4.67. The topological polar surface area (TPSA) is 45.0 Å². The maximum absolute atomic E-state index is 9.36. The number of hydrogen-bond acceptors (Lipinski definition) is 3. The fourth-order valence-electron chi connectivity index (χ4n) is 2.49. The van der Waals surface area contributed by atoms with E-state index in [-0.39, 0.29) is 5.54 Å². The Morgan fingerprint density at radius 3 is 2.59 bits per heavy atom. The molecule has 1 N–H and O–H groups in total. The van der Waals surface area contributed by atoms with Crippen LogP contribution >= 0.6 is 0 Å². The molecule has 1 aromatic rings. The standard InChI is InChI=1S/C14H18N2O/c1-11-7-8-14(9-11,10-15)16-12-3-5-13(17-2)6-4-12/h3-6,11,16H,7-9H2,1-2H3. The number of hydrogen-bond donors (Lipinski definition) is 1. The van der Waals surface area contributed by atoms with E-state index in [1.165, 1.54) is 0 Å². The summed E-state index contributed by atoms with van der Waals surface area (Å²) in [6, 6.07) is 10.2. The fraction of sp³-hybridized carbons (Fsp3) is 0.500. The highest BCUT2D eigenvalue weighted by Gasteiger charge is 2.37. The number of nitriles is 1. The summed E-state index contributed by atoms with van der Waals surface area (Å²) in [7, 11) is 1.65. The number of nitrogens with one attached hydrogen (secondary N) is 1. The molecule has 0 heterocycles. The van der Waals surface area contributed by atoms with Crippen molar-refractivity contribution >= 4 is 5.69 Å². The van der Waals surface area contributed by atoms with Crippen molar-refractivity contribution in [3.05, 3.63) is 24.3 Å². The van der Waals surface area contributed by atoms with Crippen molar-refractivity contribution in [3.8, 4) is 11.8 Å². The Kier molecular flexibility index (Phi) is 3.23. The first-order valence-electron chi connectivity index (χ1n) is 6.01. The van der Waals surface area contributed by atoms with Crippen LogP contribution in [0, 0.1) is 17.2 Å². The molecule has 1 aliphatic rings. The van der Waals surface area contributed by atoms with Gasteiger partial charge < -0.3 is 10.1 Å². The molecule has 1 aromatic carbocycles. The van der Waals surface area contributed by atoms with Gasteiger partial charge in [0.1, 0.15) is 11.3 Å². The van der Waals surface area contributed by atoms with Crippen LogP contribution in [-0.4, -0.2) is 12.6 Å². The molecule has 2 atom stereocenters. The zero-order chi connectivity index (χ0) is 12.3. The van der Waals surface area contributed by atoms with Crippen molar-refractivity contribution < 1.29 is 4.74 Å². The molecule has 1 saturated carbocycles. The molecule has 0 saturated heterocycles. The highest BCUT2D eigenvalue weighted by Crippen LogP contribution is 2.36. The van der Waals surface area contributed by atoms with Gasteiger partial charge in [-0.05, 0) is 49.4 Å². The zero-order valence-electron chi connectivity index (χ0n) is 10.4. The number of anilines is 1. The molecule has 0 radical (unpaired) electrons. The molecule has 17 heavy (non-hydrogen) atoms. The highest BCUT2D eigenvalue weighted by atomic mass is 16.5. The Balaban J connectivity index is 2.11. The van der Waals surface area contributed by atoms with Crippen LogP contribution < -0.4 is 10.1 Å². The molecule has 0 aromatic heterocycles. The minimum Gasteiger partial charge on any atom is -0.497 e. The summed E-state index contributed by atoms with van der Waals surface area (Å²) in [4.78, 5) is 0. The van der Waals surface area contributed by atoms with Crippen LogP contribution in [0.5, 0.6) is 5.75 Å². The van der Waals surface area contributed by atoms with Crippen LogP contribution in [0.3, 0.4) is 0 Å². The third-order valence-electron chi connectivity index (χ3n) is 3.45. The average Bonchev–Trinajstić information content (AvgIpc) is 2.72. The van der Waals surface area contributed by atoms with Gasteiger partial charge in [0.2, 0.25) is 0 Å². The van der Waals surface area contributed by atoms with E-state index in [4.69, 9.17) is 4.74 Å². The summed E-state index contributed by atoms with van der Waals surface area (Å²) < 4.78 is 5.11. The molecule has 1 fully saturated rings. The van der Waals surface area contributed by atoms with Crippen LogP contribution in [0.15, 0.2) is 24.3 Å². The van der Waals surface area contributed by atoms with Gasteiger partial charge in [0.05, 0.1) is 13.2 Å². The summed E-state index contributed by atoms with van der Waals surface area (Å²) in [6.07, 6.45) is 2.98. The van der Waals surface area contributed by atoms with Gasteiger partial charge in [-0.15, -0.1) is 0 Å². The van der Waals surface area contributed by atoms with E-state index in [1.54, 1.807) is 7.11 Å². The van der Waals surface area contributed by atoms with Crippen LogP contribution in [0.2, 0.25) is 0 Å². The lowest BCUT2D eigenvalue weighted by atomic mass is 9.97. The first-order chi connectivity index (χ1) is 8.17.